The molecule has 0 heterocycles. The maximum absolute atomic E-state index is 12.9. The highest BCUT2D eigenvalue weighted by Crippen LogP contribution is 2.28. The Balaban J connectivity index is 2.12. The first-order chi connectivity index (χ1) is 9.47. The molecule has 0 aliphatic carbocycles. The lowest BCUT2D eigenvalue weighted by atomic mass is 10.0. The molecule has 0 aliphatic rings. The second-order valence-corrected chi connectivity index (χ2v) is 5.67. The van der Waals surface area contributed by atoms with Gasteiger partial charge in [-0.2, -0.15) is 0 Å². The first-order valence-corrected chi connectivity index (χ1v) is 7.19. The molecular formula is C16H16Cl2FN. The van der Waals surface area contributed by atoms with Crippen molar-refractivity contribution in [2.75, 3.05) is 0 Å². The summed E-state index contributed by atoms with van der Waals surface area (Å²) >= 11 is 12.2. The van der Waals surface area contributed by atoms with E-state index in [0.29, 0.717) is 10.0 Å². The second-order valence-electron chi connectivity index (χ2n) is 4.83. The van der Waals surface area contributed by atoms with E-state index < -0.39 is 0 Å². The van der Waals surface area contributed by atoms with Crippen molar-refractivity contribution >= 4 is 23.2 Å². The molecule has 0 aliphatic heterocycles. The molecule has 0 fully saturated rings. The van der Waals surface area contributed by atoms with Crippen molar-refractivity contribution in [1.82, 2.24) is 5.32 Å². The maximum Gasteiger partial charge on any atom is 0.123 e. The summed E-state index contributed by atoms with van der Waals surface area (Å²) in [6, 6.07) is 12.0. The Hall–Kier alpha value is -1.09. The van der Waals surface area contributed by atoms with Crippen molar-refractivity contribution in [1.29, 1.82) is 0 Å². The summed E-state index contributed by atoms with van der Waals surface area (Å²) in [5.74, 6) is -0.230. The average Bonchev–Trinajstić information content (AvgIpc) is 2.42. The highest BCUT2D eigenvalue weighted by Gasteiger charge is 2.14. The molecule has 2 rings (SSSR count). The van der Waals surface area contributed by atoms with E-state index in [4.69, 9.17) is 23.2 Å². The molecule has 20 heavy (non-hydrogen) atoms. The molecule has 4 heteroatoms. The van der Waals surface area contributed by atoms with Gasteiger partial charge in [0.15, 0.2) is 0 Å². The second kappa shape index (κ2) is 6.57. The third-order valence-electron chi connectivity index (χ3n) is 3.29. The summed E-state index contributed by atoms with van der Waals surface area (Å²) in [7, 11) is 0. The molecule has 0 saturated heterocycles. The Morgan fingerprint density at radius 3 is 2.25 bits per heavy atom. The number of nitrogens with one attached hydrogen (secondary N) is 1. The smallest absolute Gasteiger partial charge is 0.123 e. The van der Waals surface area contributed by atoms with E-state index in [1.54, 1.807) is 24.3 Å². The van der Waals surface area contributed by atoms with Crippen LogP contribution in [0.25, 0.3) is 0 Å². The van der Waals surface area contributed by atoms with Crippen molar-refractivity contribution < 1.29 is 4.39 Å². The molecule has 0 spiro atoms. The molecule has 0 radical (unpaired) electrons. The zero-order valence-corrected chi connectivity index (χ0v) is 12.8. The van der Waals surface area contributed by atoms with Crippen LogP contribution in [0, 0.1) is 5.82 Å². The van der Waals surface area contributed by atoms with Gasteiger partial charge in [0.2, 0.25) is 0 Å². The Morgan fingerprint density at radius 2 is 1.60 bits per heavy atom. The average molecular weight is 312 g/mol. The molecule has 1 unspecified atom stereocenters. The zero-order valence-electron chi connectivity index (χ0n) is 11.3. The Labute approximate surface area is 128 Å². The standard InChI is InChI=1S/C16H16Cl2FN/c1-10(12-3-6-14(19)7-4-12)20-11(2)15-9-13(17)5-8-16(15)18/h3-11,20H,1-2H3/t10-,11?/m1/s1. The first-order valence-electron chi connectivity index (χ1n) is 6.44. The summed E-state index contributed by atoms with van der Waals surface area (Å²) in [5, 5.41) is 4.78. The minimum atomic E-state index is -0.230. The molecule has 0 saturated carbocycles. The van der Waals surface area contributed by atoms with Gasteiger partial charge in [0, 0.05) is 22.1 Å². The number of halogens is 3. The van der Waals surface area contributed by atoms with Gasteiger partial charge in [0.05, 0.1) is 0 Å². The summed E-state index contributed by atoms with van der Waals surface area (Å²) in [4.78, 5) is 0. The fraction of sp³-hybridized carbons (Fsp3) is 0.250. The van der Waals surface area contributed by atoms with Crippen molar-refractivity contribution in [3.63, 3.8) is 0 Å². The SMILES string of the molecule is CC(N[C@H](C)c1ccc(F)cc1)c1cc(Cl)ccc1Cl. The third-order valence-corrected chi connectivity index (χ3v) is 3.87. The summed E-state index contributed by atoms with van der Waals surface area (Å²) in [5.41, 5.74) is 1.98. The molecule has 106 valence electrons. The molecule has 0 bridgehead atoms. The third kappa shape index (κ3) is 3.72. The predicted octanol–water partition coefficient (Wildman–Crippen LogP) is 5.54. The van der Waals surface area contributed by atoms with Crippen LogP contribution in [-0.2, 0) is 0 Å². The van der Waals surface area contributed by atoms with E-state index in [2.05, 4.69) is 5.32 Å². The van der Waals surface area contributed by atoms with E-state index in [0.717, 1.165) is 11.1 Å². The van der Waals surface area contributed by atoms with Crippen LogP contribution in [0.4, 0.5) is 4.39 Å². The van der Waals surface area contributed by atoms with Gasteiger partial charge in [-0.25, -0.2) is 4.39 Å². The highest BCUT2D eigenvalue weighted by molar-refractivity contribution is 6.33. The minimum absolute atomic E-state index is 0.0428. The van der Waals surface area contributed by atoms with Gasteiger partial charge in [0.1, 0.15) is 5.82 Å². The lowest BCUT2D eigenvalue weighted by Crippen LogP contribution is -2.22. The van der Waals surface area contributed by atoms with E-state index in [-0.39, 0.29) is 17.9 Å². The van der Waals surface area contributed by atoms with Crippen LogP contribution in [0.15, 0.2) is 42.5 Å². The molecule has 2 atom stereocenters. The molecule has 1 N–H and O–H groups in total. The Kier molecular flexibility index (Phi) is 5.03. The Bertz CT molecular complexity index is 584. The van der Waals surface area contributed by atoms with Crippen molar-refractivity contribution in [2.45, 2.75) is 25.9 Å². The molecule has 0 amide bonds. The molecule has 2 aromatic carbocycles. The largest absolute Gasteiger partial charge is 0.304 e. The van der Waals surface area contributed by atoms with Gasteiger partial charge in [-0.1, -0.05) is 35.3 Å². The van der Waals surface area contributed by atoms with Crippen molar-refractivity contribution in [3.05, 3.63) is 69.5 Å². The fourth-order valence-electron chi connectivity index (χ4n) is 2.16. The van der Waals surface area contributed by atoms with E-state index in [1.165, 1.54) is 12.1 Å². The molecular weight excluding hydrogens is 296 g/mol. The lowest BCUT2D eigenvalue weighted by molar-refractivity contribution is 0.494. The summed E-state index contributed by atoms with van der Waals surface area (Å²) in [6.45, 7) is 4.06. The zero-order chi connectivity index (χ0) is 14.7. The van der Waals surface area contributed by atoms with E-state index >= 15 is 0 Å². The van der Waals surface area contributed by atoms with Crippen LogP contribution < -0.4 is 5.32 Å². The topological polar surface area (TPSA) is 12.0 Å². The van der Waals surface area contributed by atoms with Crippen LogP contribution in [0.3, 0.4) is 0 Å². The van der Waals surface area contributed by atoms with Crippen LogP contribution in [0.1, 0.15) is 37.1 Å². The van der Waals surface area contributed by atoms with Gasteiger partial charge in [0.25, 0.3) is 0 Å². The number of hydrogen-bond acceptors (Lipinski definition) is 1. The van der Waals surface area contributed by atoms with Crippen molar-refractivity contribution in [2.24, 2.45) is 0 Å². The van der Waals surface area contributed by atoms with Crippen LogP contribution in [-0.4, -0.2) is 0 Å². The van der Waals surface area contributed by atoms with Gasteiger partial charge >= 0.3 is 0 Å². The van der Waals surface area contributed by atoms with Crippen LogP contribution >= 0.6 is 23.2 Å². The monoisotopic (exact) mass is 311 g/mol. The number of benzene rings is 2. The normalized spacial score (nSPS) is 14.1. The predicted molar refractivity (Wildman–Crippen MR) is 82.8 cm³/mol. The van der Waals surface area contributed by atoms with Crippen LogP contribution in [0.5, 0.6) is 0 Å². The fourth-order valence-corrected chi connectivity index (χ4v) is 2.62. The van der Waals surface area contributed by atoms with E-state index in [9.17, 15) is 4.39 Å². The molecule has 1 nitrogen and oxygen atoms in total. The van der Waals surface area contributed by atoms with Gasteiger partial charge < -0.3 is 5.32 Å². The maximum atomic E-state index is 12.9. The highest BCUT2D eigenvalue weighted by atomic mass is 35.5. The quantitative estimate of drug-likeness (QED) is 0.781. The van der Waals surface area contributed by atoms with Crippen LogP contribution in [0.2, 0.25) is 10.0 Å². The summed E-state index contributed by atoms with van der Waals surface area (Å²) < 4.78 is 12.9. The van der Waals surface area contributed by atoms with Gasteiger partial charge in [-0.05, 0) is 55.3 Å². The first kappa shape index (κ1) is 15.3. The summed E-state index contributed by atoms with van der Waals surface area (Å²) in [6.07, 6.45) is 0. The van der Waals surface area contributed by atoms with Gasteiger partial charge in [-0.3, -0.25) is 0 Å². The number of hydrogen-bond donors (Lipinski definition) is 1. The molecule has 0 aromatic heterocycles. The number of rotatable bonds is 4. The van der Waals surface area contributed by atoms with E-state index in [1.807, 2.05) is 19.9 Å². The minimum Gasteiger partial charge on any atom is -0.304 e. The van der Waals surface area contributed by atoms with Gasteiger partial charge in [-0.15, -0.1) is 0 Å². The lowest BCUT2D eigenvalue weighted by Gasteiger charge is -2.21. The molecule has 2 aromatic rings. The van der Waals surface area contributed by atoms with Crippen molar-refractivity contribution in [3.8, 4) is 0 Å². The Morgan fingerprint density at radius 1 is 0.950 bits per heavy atom.